The van der Waals surface area contributed by atoms with Crippen molar-refractivity contribution in [1.82, 2.24) is 5.32 Å². The molecule has 2 aromatic carbocycles. The van der Waals surface area contributed by atoms with Crippen LogP contribution in [0, 0.1) is 12.7 Å². The third-order valence-electron chi connectivity index (χ3n) is 3.62. The number of hydrogen-bond acceptors (Lipinski definition) is 1. The smallest absolute Gasteiger partial charge is 0.137 e. The first kappa shape index (κ1) is 16.2. The Morgan fingerprint density at radius 3 is 2.67 bits per heavy atom. The van der Waals surface area contributed by atoms with Gasteiger partial charge in [-0.3, -0.25) is 0 Å². The fourth-order valence-electron chi connectivity index (χ4n) is 2.50. The lowest BCUT2D eigenvalue weighted by Crippen LogP contribution is -2.22. The van der Waals surface area contributed by atoms with E-state index < -0.39 is 0 Å². The second-order valence-corrected chi connectivity index (χ2v) is 6.23. The Kier molecular flexibility index (Phi) is 5.95. The van der Waals surface area contributed by atoms with Gasteiger partial charge in [-0.15, -0.1) is 0 Å². The third-order valence-corrected chi connectivity index (χ3v) is 4.23. The van der Waals surface area contributed by atoms with Gasteiger partial charge in [0.2, 0.25) is 0 Å². The maximum absolute atomic E-state index is 13.4. The summed E-state index contributed by atoms with van der Waals surface area (Å²) in [6, 6.07) is 13.9. The van der Waals surface area contributed by atoms with Crippen molar-refractivity contribution in [2.45, 2.75) is 26.2 Å². The van der Waals surface area contributed by atoms with Crippen LogP contribution in [0.4, 0.5) is 4.39 Å². The van der Waals surface area contributed by atoms with Crippen LogP contribution in [0.3, 0.4) is 0 Å². The minimum Gasteiger partial charge on any atom is -0.316 e. The van der Waals surface area contributed by atoms with E-state index in [9.17, 15) is 4.39 Å². The van der Waals surface area contributed by atoms with Gasteiger partial charge < -0.3 is 5.32 Å². The molecule has 0 radical (unpaired) electrons. The molecule has 0 fully saturated rings. The molecule has 0 aliphatic carbocycles. The highest BCUT2D eigenvalue weighted by molar-refractivity contribution is 9.10. The highest BCUT2D eigenvalue weighted by atomic mass is 79.9. The second kappa shape index (κ2) is 7.71. The summed E-state index contributed by atoms with van der Waals surface area (Å²) in [5, 5.41) is 3.43. The van der Waals surface area contributed by atoms with Crippen LogP contribution in [0.15, 0.2) is 46.9 Å². The van der Waals surface area contributed by atoms with Gasteiger partial charge in [-0.25, -0.2) is 4.39 Å². The highest BCUT2D eigenvalue weighted by Crippen LogP contribution is 2.24. The van der Waals surface area contributed by atoms with Crippen molar-refractivity contribution in [3.8, 4) is 0 Å². The Morgan fingerprint density at radius 1 is 1.19 bits per heavy atom. The van der Waals surface area contributed by atoms with Crippen molar-refractivity contribution in [3.05, 3.63) is 69.4 Å². The van der Waals surface area contributed by atoms with E-state index in [-0.39, 0.29) is 5.82 Å². The summed E-state index contributed by atoms with van der Waals surface area (Å²) < 4.78 is 13.9. The van der Waals surface area contributed by atoms with E-state index in [1.165, 1.54) is 17.2 Å². The molecule has 1 unspecified atom stereocenters. The predicted molar refractivity (Wildman–Crippen MR) is 90.3 cm³/mol. The summed E-state index contributed by atoms with van der Waals surface area (Å²) in [6.45, 7) is 6.11. The minimum absolute atomic E-state index is 0.211. The summed E-state index contributed by atoms with van der Waals surface area (Å²) in [7, 11) is 0. The molecule has 0 amide bonds. The molecular formula is C18H21BrFN. The van der Waals surface area contributed by atoms with E-state index in [0.29, 0.717) is 10.4 Å². The topological polar surface area (TPSA) is 12.0 Å². The lowest BCUT2D eigenvalue weighted by molar-refractivity contribution is 0.591. The van der Waals surface area contributed by atoms with Crippen molar-refractivity contribution in [2.75, 3.05) is 13.1 Å². The molecule has 1 nitrogen and oxygen atoms in total. The molecule has 0 aromatic heterocycles. The Bertz CT molecular complexity index is 598. The molecular weight excluding hydrogens is 329 g/mol. The van der Waals surface area contributed by atoms with Crippen LogP contribution in [-0.4, -0.2) is 13.1 Å². The van der Waals surface area contributed by atoms with E-state index in [2.05, 4.69) is 59.4 Å². The van der Waals surface area contributed by atoms with Crippen LogP contribution in [0.5, 0.6) is 0 Å². The van der Waals surface area contributed by atoms with E-state index in [1.807, 2.05) is 12.1 Å². The van der Waals surface area contributed by atoms with Gasteiger partial charge in [-0.1, -0.05) is 42.8 Å². The molecule has 0 bridgehead atoms. The molecule has 0 saturated carbocycles. The van der Waals surface area contributed by atoms with Gasteiger partial charge in [0, 0.05) is 12.5 Å². The number of likely N-dealkylation sites (N-methyl/N-ethyl adjacent to an activating group) is 1. The molecule has 0 aliphatic heterocycles. The lowest BCUT2D eigenvalue weighted by Gasteiger charge is -2.19. The summed E-state index contributed by atoms with van der Waals surface area (Å²) in [5.74, 6) is 0.180. The first-order valence-electron chi connectivity index (χ1n) is 7.31. The fraction of sp³-hybridized carbons (Fsp3) is 0.333. The maximum atomic E-state index is 13.4. The van der Waals surface area contributed by atoms with Gasteiger partial charge in [0.25, 0.3) is 0 Å². The normalized spacial score (nSPS) is 12.4. The predicted octanol–water partition coefficient (Wildman–Crippen LogP) is 4.83. The third kappa shape index (κ3) is 4.65. The summed E-state index contributed by atoms with van der Waals surface area (Å²) in [5.41, 5.74) is 3.75. The van der Waals surface area contributed by atoms with E-state index in [0.717, 1.165) is 25.1 Å². The number of rotatable bonds is 6. The molecule has 112 valence electrons. The standard InChI is InChI=1S/C18H21BrFN/c1-3-21-12-16(15-6-4-5-13(2)9-15)10-14-7-8-18(20)17(19)11-14/h4-9,11,16,21H,3,10,12H2,1-2H3. The average Bonchev–Trinajstić information content (AvgIpc) is 2.47. The monoisotopic (exact) mass is 349 g/mol. The first-order valence-corrected chi connectivity index (χ1v) is 8.10. The molecule has 0 saturated heterocycles. The maximum Gasteiger partial charge on any atom is 0.137 e. The number of nitrogens with one attached hydrogen (secondary N) is 1. The average molecular weight is 350 g/mol. The first-order chi connectivity index (χ1) is 10.1. The molecule has 21 heavy (non-hydrogen) atoms. The molecule has 1 atom stereocenters. The molecule has 0 heterocycles. The van der Waals surface area contributed by atoms with E-state index in [4.69, 9.17) is 0 Å². The Hall–Kier alpha value is -1.19. The van der Waals surface area contributed by atoms with Gasteiger partial charge in [0.15, 0.2) is 0 Å². The Labute approximate surface area is 134 Å². The van der Waals surface area contributed by atoms with E-state index in [1.54, 1.807) is 0 Å². The van der Waals surface area contributed by atoms with Crippen LogP contribution < -0.4 is 5.32 Å². The van der Waals surface area contributed by atoms with Gasteiger partial charge in [-0.05, 0) is 59.1 Å². The van der Waals surface area contributed by atoms with Gasteiger partial charge in [0.1, 0.15) is 5.82 Å². The zero-order valence-corrected chi connectivity index (χ0v) is 14.1. The fourth-order valence-corrected chi connectivity index (χ4v) is 2.93. The van der Waals surface area contributed by atoms with Crippen molar-refractivity contribution in [1.29, 1.82) is 0 Å². The van der Waals surface area contributed by atoms with Crippen LogP contribution in [0.1, 0.15) is 29.5 Å². The van der Waals surface area contributed by atoms with Gasteiger partial charge >= 0.3 is 0 Å². The molecule has 1 N–H and O–H groups in total. The Balaban J connectivity index is 2.21. The number of aryl methyl sites for hydroxylation is 1. The highest BCUT2D eigenvalue weighted by Gasteiger charge is 2.13. The SMILES string of the molecule is CCNCC(Cc1ccc(F)c(Br)c1)c1cccc(C)c1. The van der Waals surface area contributed by atoms with Crippen molar-refractivity contribution >= 4 is 15.9 Å². The molecule has 2 rings (SSSR count). The summed E-state index contributed by atoms with van der Waals surface area (Å²) >= 11 is 3.27. The van der Waals surface area contributed by atoms with Crippen molar-refractivity contribution in [2.24, 2.45) is 0 Å². The molecule has 2 aromatic rings. The minimum atomic E-state index is -0.211. The zero-order chi connectivity index (χ0) is 15.2. The summed E-state index contributed by atoms with van der Waals surface area (Å²) in [4.78, 5) is 0. The number of halogens is 2. The molecule has 0 spiro atoms. The van der Waals surface area contributed by atoms with Gasteiger partial charge in [-0.2, -0.15) is 0 Å². The van der Waals surface area contributed by atoms with Crippen molar-refractivity contribution in [3.63, 3.8) is 0 Å². The largest absolute Gasteiger partial charge is 0.316 e. The number of benzene rings is 2. The number of hydrogen-bond donors (Lipinski definition) is 1. The van der Waals surface area contributed by atoms with E-state index >= 15 is 0 Å². The van der Waals surface area contributed by atoms with Crippen LogP contribution in [0.25, 0.3) is 0 Å². The zero-order valence-electron chi connectivity index (χ0n) is 12.5. The van der Waals surface area contributed by atoms with Crippen LogP contribution in [-0.2, 0) is 6.42 Å². The Morgan fingerprint density at radius 2 is 2.00 bits per heavy atom. The lowest BCUT2D eigenvalue weighted by atomic mass is 9.91. The van der Waals surface area contributed by atoms with Gasteiger partial charge in [0.05, 0.1) is 4.47 Å². The molecule has 3 heteroatoms. The second-order valence-electron chi connectivity index (χ2n) is 5.37. The quantitative estimate of drug-likeness (QED) is 0.787. The van der Waals surface area contributed by atoms with Crippen LogP contribution in [0.2, 0.25) is 0 Å². The summed E-state index contributed by atoms with van der Waals surface area (Å²) in [6.07, 6.45) is 0.898. The molecule has 0 aliphatic rings. The van der Waals surface area contributed by atoms with Crippen LogP contribution >= 0.6 is 15.9 Å². The van der Waals surface area contributed by atoms with Crippen molar-refractivity contribution < 1.29 is 4.39 Å².